The average Bonchev–Trinajstić information content (AvgIpc) is 2.71. The van der Waals surface area contributed by atoms with Crippen LogP contribution in [-0.2, 0) is 22.6 Å². The third kappa shape index (κ3) is 4.55. The largest absolute Gasteiger partial charge is 0.545 e. The molecule has 1 atom stereocenters. The van der Waals surface area contributed by atoms with E-state index in [0.717, 1.165) is 17.5 Å². The van der Waals surface area contributed by atoms with Crippen LogP contribution in [0.1, 0.15) is 28.4 Å². The molecule has 0 radical (unpaired) electrons. The molecule has 0 aromatic heterocycles. The van der Waals surface area contributed by atoms with Crippen molar-refractivity contribution < 1.29 is 24.5 Å². The second-order valence-corrected chi connectivity index (χ2v) is 6.88. The van der Waals surface area contributed by atoms with Crippen molar-refractivity contribution in [2.24, 2.45) is 5.92 Å². The van der Waals surface area contributed by atoms with Gasteiger partial charge in [-0.05, 0) is 41.9 Å². The number of anilines is 1. The number of carboxylic acid groups (broad SMARTS) is 1. The predicted molar refractivity (Wildman–Crippen MR) is 109 cm³/mol. The van der Waals surface area contributed by atoms with Crippen LogP contribution < -0.4 is 20.3 Å². The molecule has 2 N–H and O–H groups in total. The molecule has 0 aliphatic carbocycles. The first-order chi connectivity index (χ1) is 13.9. The normalized spacial score (nSPS) is 16.9. The molecule has 0 unspecified atom stereocenters. The van der Waals surface area contributed by atoms with E-state index in [1.807, 2.05) is 19.1 Å². The highest BCUT2D eigenvalue weighted by molar-refractivity contribution is 7.80. The van der Waals surface area contributed by atoms with Gasteiger partial charge in [0.15, 0.2) is 23.8 Å². The number of aromatic carboxylic acids is 1. The zero-order valence-electron chi connectivity index (χ0n) is 15.7. The molecular weight excluding hydrogens is 390 g/mol. The van der Waals surface area contributed by atoms with Crippen LogP contribution in [0, 0.1) is 5.92 Å². The maximum Gasteiger partial charge on any atom is 0.256 e. The van der Waals surface area contributed by atoms with Crippen molar-refractivity contribution in [2.75, 3.05) is 4.90 Å². The van der Waals surface area contributed by atoms with E-state index in [4.69, 9.17) is 12.2 Å². The van der Waals surface area contributed by atoms with Crippen LogP contribution in [0.4, 0.5) is 5.69 Å². The smallest absolute Gasteiger partial charge is 0.256 e. The van der Waals surface area contributed by atoms with Crippen molar-refractivity contribution in [3.8, 4) is 0 Å². The van der Waals surface area contributed by atoms with Gasteiger partial charge in [-0.1, -0.05) is 43.3 Å². The Morgan fingerprint density at radius 2 is 1.76 bits per heavy atom. The Morgan fingerprint density at radius 1 is 1.14 bits per heavy atom. The summed E-state index contributed by atoms with van der Waals surface area (Å²) in [5.74, 6) is -3.23. The molecule has 2 aromatic rings. The maximum absolute atomic E-state index is 12.9. The summed E-state index contributed by atoms with van der Waals surface area (Å²) >= 11 is 5.19. The minimum atomic E-state index is -1.25. The van der Waals surface area contributed by atoms with Gasteiger partial charge in [0.05, 0.1) is 11.7 Å². The maximum atomic E-state index is 12.9. The number of thiocarbonyl (C=S) groups is 1. The van der Waals surface area contributed by atoms with Crippen molar-refractivity contribution >= 4 is 47.0 Å². The third-order valence-electron chi connectivity index (χ3n) is 4.59. The fourth-order valence-corrected chi connectivity index (χ4v) is 3.21. The number of rotatable bonds is 6. The second kappa shape index (κ2) is 8.74. The van der Waals surface area contributed by atoms with E-state index in [2.05, 4.69) is 10.3 Å². The summed E-state index contributed by atoms with van der Waals surface area (Å²) in [7, 11) is 0. The Bertz CT molecular complexity index is 984. The lowest BCUT2D eigenvalue weighted by Crippen LogP contribution is -2.71. The Balaban J connectivity index is 1.74. The number of aryl methyl sites for hydroxylation is 1. The molecule has 2 aromatic carbocycles. The number of hydrogen-bond acceptors (Lipinski definition) is 5. The standard InChI is InChI=1S/C21H19N3O4S/c1-2-13-5-9-16(10-6-13)24-19(26)17(18(25)23-21(24)29)12-22-11-14-3-7-15(8-4-14)20(27)28/h3-10,12,17H,2,11H2,1H3,(H,27,28)(H,23,25,29)/t17-/m0/s1. The first kappa shape index (κ1) is 20.3. The Hall–Kier alpha value is -3.39. The van der Waals surface area contributed by atoms with E-state index >= 15 is 0 Å². The summed E-state index contributed by atoms with van der Waals surface area (Å²) in [5, 5.41) is 13.4. The van der Waals surface area contributed by atoms with Gasteiger partial charge in [0.2, 0.25) is 5.91 Å². The van der Waals surface area contributed by atoms with Crippen molar-refractivity contribution in [1.29, 1.82) is 0 Å². The number of carboxylic acids is 1. The van der Waals surface area contributed by atoms with Crippen LogP contribution in [0.15, 0.2) is 48.5 Å². The van der Waals surface area contributed by atoms with Gasteiger partial charge in [0.1, 0.15) is 0 Å². The molecule has 3 rings (SSSR count). The fourth-order valence-electron chi connectivity index (χ4n) is 2.92. The van der Waals surface area contributed by atoms with Crippen molar-refractivity contribution in [1.82, 2.24) is 5.32 Å². The minimum absolute atomic E-state index is 0.0479. The van der Waals surface area contributed by atoms with Crippen LogP contribution in [-0.4, -0.2) is 29.1 Å². The lowest BCUT2D eigenvalue weighted by atomic mass is 10.1. The Morgan fingerprint density at radius 3 is 2.34 bits per heavy atom. The van der Waals surface area contributed by atoms with Crippen molar-refractivity contribution in [3.63, 3.8) is 0 Å². The van der Waals surface area contributed by atoms with Gasteiger partial charge < -0.3 is 15.2 Å². The predicted octanol–water partition coefficient (Wildman–Crippen LogP) is -0.672. The van der Waals surface area contributed by atoms with Crippen LogP contribution in [0.3, 0.4) is 0 Å². The molecule has 1 heterocycles. The molecule has 0 saturated carbocycles. The number of carbonyl (C=O) groups is 3. The van der Waals surface area contributed by atoms with Gasteiger partial charge in [0, 0.05) is 5.56 Å². The molecule has 1 aliphatic heterocycles. The Labute approximate surface area is 173 Å². The zero-order valence-corrected chi connectivity index (χ0v) is 16.5. The SMILES string of the molecule is CCc1ccc(N2C(=O)[C@@H](C=[NH+]Cc3ccc(C(=O)[O-])cc3)C(=O)NC2=S)cc1. The summed E-state index contributed by atoms with van der Waals surface area (Å²) in [6, 6.07) is 13.5. The molecular formula is C21H19N3O4S. The summed E-state index contributed by atoms with van der Waals surface area (Å²) in [6.45, 7) is 2.36. The first-order valence-corrected chi connectivity index (χ1v) is 9.46. The number of amides is 2. The van der Waals surface area contributed by atoms with Crippen molar-refractivity contribution in [2.45, 2.75) is 19.9 Å². The minimum Gasteiger partial charge on any atom is -0.545 e. The number of carbonyl (C=O) groups excluding carboxylic acids is 3. The highest BCUT2D eigenvalue weighted by atomic mass is 32.1. The first-order valence-electron chi connectivity index (χ1n) is 9.05. The van der Waals surface area contributed by atoms with Gasteiger partial charge in [0.25, 0.3) is 5.91 Å². The lowest BCUT2D eigenvalue weighted by molar-refractivity contribution is -0.471. The highest BCUT2D eigenvalue weighted by Gasteiger charge is 2.40. The van der Waals surface area contributed by atoms with E-state index in [1.54, 1.807) is 24.3 Å². The molecule has 2 amide bonds. The topological polar surface area (TPSA) is 104 Å². The highest BCUT2D eigenvalue weighted by Crippen LogP contribution is 2.20. The van der Waals surface area contributed by atoms with E-state index in [1.165, 1.54) is 23.2 Å². The molecule has 7 nitrogen and oxygen atoms in total. The fraction of sp³-hybridized carbons (Fsp3) is 0.190. The lowest BCUT2D eigenvalue weighted by Gasteiger charge is -2.30. The number of nitrogens with one attached hydrogen (secondary N) is 2. The van der Waals surface area contributed by atoms with Gasteiger partial charge in [-0.25, -0.2) is 4.99 Å². The molecule has 29 heavy (non-hydrogen) atoms. The molecule has 1 aliphatic rings. The number of hydrogen-bond donors (Lipinski definition) is 2. The summed E-state index contributed by atoms with van der Waals surface area (Å²) in [5.41, 5.74) is 2.59. The van der Waals surface area contributed by atoms with Crippen molar-refractivity contribution in [3.05, 3.63) is 65.2 Å². The zero-order chi connectivity index (χ0) is 21.0. The van der Waals surface area contributed by atoms with Gasteiger partial charge >= 0.3 is 0 Å². The molecule has 1 fully saturated rings. The van der Waals surface area contributed by atoms with Gasteiger partial charge in [-0.3, -0.25) is 14.5 Å². The van der Waals surface area contributed by atoms with E-state index in [0.29, 0.717) is 12.2 Å². The molecule has 8 heteroatoms. The number of benzene rings is 2. The summed E-state index contributed by atoms with van der Waals surface area (Å²) in [4.78, 5) is 40.2. The summed E-state index contributed by atoms with van der Waals surface area (Å²) in [6.07, 6.45) is 2.29. The second-order valence-electron chi connectivity index (χ2n) is 6.50. The van der Waals surface area contributed by atoms with Crippen LogP contribution in [0.5, 0.6) is 0 Å². The molecule has 0 spiro atoms. The average molecular weight is 409 g/mol. The van der Waals surface area contributed by atoms with Gasteiger partial charge in [-0.2, -0.15) is 0 Å². The van der Waals surface area contributed by atoms with Crippen LogP contribution >= 0.6 is 12.2 Å². The van der Waals surface area contributed by atoms with Crippen LogP contribution in [0.25, 0.3) is 0 Å². The Kier molecular flexibility index (Phi) is 6.13. The number of nitrogens with zero attached hydrogens (tertiary/aromatic N) is 1. The summed E-state index contributed by atoms with van der Waals surface area (Å²) < 4.78 is 0. The van der Waals surface area contributed by atoms with E-state index in [9.17, 15) is 19.5 Å². The monoisotopic (exact) mass is 409 g/mol. The quantitative estimate of drug-likeness (QED) is 0.374. The van der Waals surface area contributed by atoms with E-state index < -0.39 is 23.7 Å². The van der Waals surface area contributed by atoms with Gasteiger partial charge in [-0.15, -0.1) is 0 Å². The van der Waals surface area contributed by atoms with E-state index in [-0.39, 0.29) is 10.7 Å². The molecule has 1 saturated heterocycles. The third-order valence-corrected chi connectivity index (χ3v) is 4.87. The van der Waals surface area contributed by atoms with Crippen LogP contribution in [0.2, 0.25) is 0 Å². The molecule has 148 valence electrons. The molecule has 0 bridgehead atoms.